The van der Waals surface area contributed by atoms with Gasteiger partial charge in [0.05, 0.1) is 15.5 Å². The zero-order valence-corrected chi connectivity index (χ0v) is 14.5. The second-order valence-corrected chi connectivity index (χ2v) is 7.20. The molecule has 0 spiro atoms. The number of nitrogens with zero attached hydrogens (tertiary/aromatic N) is 1. The number of nitro groups is 1. The summed E-state index contributed by atoms with van der Waals surface area (Å²) < 4.78 is 40.0. The minimum Gasteiger partial charge on any atom is -0.323 e. The van der Waals surface area contributed by atoms with Crippen molar-refractivity contribution in [3.63, 3.8) is 0 Å². The first-order chi connectivity index (χ1) is 12.2. The lowest BCUT2D eigenvalue weighted by molar-refractivity contribution is -0.384. The van der Waals surface area contributed by atoms with E-state index < -0.39 is 26.7 Å². The number of halogens is 1. The lowest BCUT2D eigenvalue weighted by atomic mass is 10.2. The van der Waals surface area contributed by atoms with Crippen LogP contribution >= 0.6 is 0 Å². The molecule has 8 nitrogen and oxygen atoms in total. The Morgan fingerprint density at radius 2 is 1.85 bits per heavy atom. The molecule has 0 atom stereocenters. The monoisotopic (exact) mass is 381 g/mol. The van der Waals surface area contributed by atoms with Crippen molar-refractivity contribution >= 4 is 27.3 Å². The van der Waals surface area contributed by atoms with Gasteiger partial charge in [0, 0.05) is 25.1 Å². The Bertz CT molecular complexity index is 929. The molecule has 26 heavy (non-hydrogen) atoms. The third-order valence-electron chi connectivity index (χ3n) is 3.41. The number of aryl methyl sites for hydroxylation is 1. The van der Waals surface area contributed by atoms with Gasteiger partial charge in [0.1, 0.15) is 5.82 Å². The van der Waals surface area contributed by atoms with E-state index in [1.807, 2.05) is 6.92 Å². The van der Waals surface area contributed by atoms with Crippen molar-refractivity contribution in [2.24, 2.45) is 0 Å². The van der Waals surface area contributed by atoms with Crippen molar-refractivity contribution in [2.75, 3.05) is 11.9 Å². The van der Waals surface area contributed by atoms with Crippen molar-refractivity contribution in [3.05, 3.63) is 64.0 Å². The van der Waals surface area contributed by atoms with Crippen LogP contribution in [0, 0.1) is 22.9 Å². The minimum atomic E-state index is -3.77. The van der Waals surface area contributed by atoms with Gasteiger partial charge in [-0.3, -0.25) is 14.9 Å². The standard InChI is InChI=1S/C16H16FN3O5S/c1-11-2-5-13(6-3-11)26(24,25)18-9-8-16(21)19-15-10-12(20(22)23)4-7-14(15)17/h2-7,10,18H,8-9H2,1H3,(H,19,21). The van der Waals surface area contributed by atoms with Gasteiger partial charge in [-0.25, -0.2) is 17.5 Å². The van der Waals surface area contributed by atoms with Crippen LogP contribution < -0.4 is 10.0 Å². The van der Waals surface area contributed by atoms with Crippen molar-refractivity contribution in [3.8, 4) is 0 Å². The normalized spacial score (nSPS) is 11.2. The molecule has 1 amide bonds. The average molecular weight is 381 g/mol. The molecule has 138 valence electrons. The quantitative estimate of drug-likeness (QED) is 0.564. The van der Waals surface area contributed by atoms with Gasteiger partial charge in [-0.2, -0.15) is 0 Å². The molecular weight excluding hydrogens is 365 g/mol. The van der Waals surface area contributed by atoms with Gasteiger partial charge in [-0.1, -0.05) is 17.7 Å². The van der Waals surface area contributed by atoms with E-state index in [0.717, 1.165) is 23.8 Å². The maximum Gasteiger partial charge on any atom is 0.271 e. The molecule has 0 saturated carbocycles. The Labute approximate surface area is 149 Å². The Balaban J connectivity index is 1.94. The lowest BCUT2D eigenvalue weighted by Gasteiger charge is -2.08. The van der Waals surface area contributed by atoms with Gasteiger partial charge in [0.2, 0.25) is 15.9 Å². The molecule has 0 radical (unpaired) electrons. The van der Waals surface area contributed by atoms with E-state index in [9.17, 15) is 27.7 Å². The van der Waals surface area contributed by atoms with E-state index in [1.165, 1.54) is 12.1 Å². The lowest BCUT2D eigenvalue weighted by Crippen LogP contribution is -2.28. The molecule has 2 aromatic rings. The Morgan fingerprint density at radius 3 is 2.46 bits per heavy atom. The summed E-state index contributed by atoms with van der Waals surface area (Å²) in [5.74, 6) is -1.51. The molecule has 2 aromatic carbocycles. The summed E-state index contributed by atoms with van der Waals surface area (Å²) in [7, 11) is -3.77. The minimum absolute atomic E-state index is 0.0632. The first-order valence-electron chi connectivity index (χ1n) is 7.49. The van der Waals surface area contributed by atoms with Crippen molar-refractivity contribution < 1.29 is 22.5 Å². The van der Waals surface area contributed by atoms with Crippen LogP contribution in [0.3, 0.4) is 0 Å². The van der Waals surface area contributed by atoms with Crippen LogP contribution in [0.2, 0.25) is 0 Å². The van der Waals surface area contributed by atoms with Crippen LogP contribution in [0.1, 0.15) is 12.0 Å². The molecule has 0 aliphatic heterocycles. The largest absolute Gasteiger partial charge is 0.323 e. The van der Waals surface area contributed by atoms with Crippen LogP contribution in [0.25, 0.3) is 0 Å². The van der Waals surface area contributed by atoms with Crippen molar-refractivity contribution in [1.82, 2.24) is 4.72 Å². The van der Waals surface area contributed by atoms with Gasteiger partial charge in [-0.15, -0.1) is 0 Å². The van der Waals surface area contributed by atoms with E-state index in [-0.39, 0.29) is 29.2 Å². The van der Waals surface area contributed by atoms with Crippen LogP contribution in [0.15, 0.2) is 47.4 Å². The highest BCUT2D eigenvalue weighted by atomic mass is 32.2. The Kier molecular flexibility index (Phi) is 6.01. The number of sulfonamides is 1. The highest BCUT2D eigenvalue weighted by Gasteiger charge is 2.16. The molecule has 0 saturated heterocycles. The first-order valence-corrected chi connectivity index (χ1v) is 8.97. The van der Waals surface area contributed by atoms with Crippen LogP contribution in [0.4, 0.5) is 15.8 Å². The zero-order chi connectivity index (χ0) is 19.3. The molecule has 2 N–H and O–H groups in total. The zero-order valence-electron chi connectivity index (χ0n) is 13.7. The third-order valence-corrected chi connectivity index (χ3v) is 4.89. The van der Waals surface area contributed by atoms with E-state index in [2.05, 4.69) is 10.0 Å². The number of rotatable bonds is 7. The summed E-state index contributed by atoms with van der Waals surface area (Å²) in [6, 6.07) is 8.91. The number of nitrogens with one attached hydrogen (secondary N) is 2. The molecule has 0 bridgehead atoms. The SMILES string of the molecule is Cc1ccc(S(=O)(=O)NCCC(=O)Nc2cc([N+](=O)[O-])ccc2F)cc1. The van der Waals surface area contributed by atoms with Gasteiger partial charge >= 0.3 is 0 Å². The van der Waals surface area contributed by atoms with E-state index in [1.54, 1.807) is 12.1 Å². The smallest absolute Gasteiger partial charge is 0.271 e. The predicted octanol–water partition coefficient (Wildman–Crippen LogP) is 2.35. The van der Waals surface area contributed by atoms with Crippen LogP contribution in [-0.2, 0) is 14.8 Å². The highest BCUT2D eigenvalue weighted by molar-refractivity contribution is 7.89. The summed E-state index contributed by atoms with van der Waals surface area (Å²) in [4.78, 5) is 21.9. The van der Waals surface area contributed by atoms with Crippen LogP contribution in [-0.4, -0.2) is 25.8 Å². The van der Waals surface area contributed by atoms with Crippen molar-refractivity contribution in [2.45, 2.75) is 18.2 Å². The number of carbonyl (C=O) groups excluding carboxylic acids is 1. The van der Waals surface area contributed by atoms with E-state index in [4.69, 9.17) is 0 Å². The number of nitro benzene ring substituents is 1. The number of hydrogen-bond acceptors (Lipinski definition) is 5. The second-order valence-electron chi connectivity index (χ2n) is 5.43. The fourth-order valence-corrected chi connectivity index (χ4v) is 3.07. The first kappa shape index (κ1) is 19.5. The molecule has 0 aliphatic rings. The predicted molar refractivity (Wildman–Crippen MR) is 92.7 cm³/mol. The fourth-order valence-electron chi connectivity index (χ4n) is 2.04. The molecular formula is C16H16FN3O5S. The summed E-state index contributed by atoms with van der Waals surface area (Å²) in [5.41, 5.74) is 0.190. The maximum atomic E-state index is 13.6. The molecule has 10 heteroatoms. The number of benzene rings is 2. The molecule has 0 aliphatic carbocycles. The van der Waals surface area contributed by atoms with Gasteiger partial charge in [0.25, 0.3) is 5.69 Å². The van der Waals surface area contributed by atoms with Crippen LogP contribution in [0.5, 0.6) is 0 Å². The summed E-state index contributed by atoms with van der Waals surface area (Å²) in [6.07, 6.45) is -0.271. The summed E-state index contributed by atoms with van der Waals surface area (Å²) in [6.45, 7) is 1.61. The highest BCUT2D eigenvalue weighted by Crippen LogP contribution is 2.21. The summed E-state index contributed by atoms with van der Waals surface area (Å²) >= 11 is 0. The average Bonchev–Trinajstić information content (AvgIpc) is 2.57. The Morgan fingerprint density at radius 1 is 1.19 bits per heavy atom. The maximum absolute atomic E-state index is 13.6. The molecule has 0 unspecified atom stereocenters. The summed E-state index contributed by atoms with van der Waals surface area (Å²) in [5, 5.41) is 12.9. The molecule has 2 rings (SSSR count). The molecule has 0 aromatic heterocycles. The van der Waals surface area contributed by atoms with Crippen molar-refractivity contribution in [1.29, 1.82) is 0 Å². The van der Waals surface area contributed by atoms with E-state index >= 15 is 0 Å². The number of non-ortho nitro benzene ring substituents is 1. The van der Waals surface area contributed by atoms with Gasteiger partial charge in [0.15, 0.2) is 0 Å². The fraction of sp³-hybridized carbons (Fsp3) is 0.188. The Hall–Kier alpha value is -2.85. The third kappa shape index (κ3) is 5.07. The number of amides is 1. The molecule has 0 heterocycles. The number of hydrogen-bond donors (Lipinski definition) is 2. The molecule has 0 fully saturated rings. The van der Waals surface area contributed by atoms with Gasteiger partial charge in [-0.05, 0) is 25.1 Å². The topological polar surface area (TPSA) is 118 Å². The second kappa shape index (κ2) is 8.02. The number of anilines is 1. The number of carbonyl (C=O) groups is 1. The van der Waals surface area contributed by atoms with E-state index in [0.29, 0.717) is 0 Å². The van der Waals surface area contributed by atoms with Gasteiger partial charge < -0.3 is 5.32 Å².